The van der Waals surface area contributed by atoms with Crippen molar-refractivity contribution in [2.75, 3.05) is 4.90 Å². The lowest BCUT2D eigenvalue weighted by atomic mass is 10.2. The van der Waals surface area contributed by atoms with Gasteiger partial charge < -0.3 is 10.0 Å². The van der Waals surface area contributed by atoms with Crippen molar-refractivity contribution in [1.82, 2.24) is 4.98 Å². The molecule has 4 nitrogen and oxygen atoms in total. The molecule has 80 valence electrons. The molecule has 4 heteroatoms. The number of pyridine rings is 1. The van der Waals surface area contributed by atoms with E-state index in [0.717, 1.165) is 18.5 Å². The van der Waals surface area contributed by atoms with Crippen molar-refractivity contribution < 1.29 is 9.90 Å². The summed E-state index contributed by atoms with van der Waals surface area (Å²) in [6.07, 6.45) is 5.55. The van der Waals surface area contributed by atoms with Crippen LogP contribution in [0.1, 0.15) is 19.8 Å². The van der Waals surface area contributed by atoms with Gasteiger partial charge in [0.05, 0.1) is 0 Å². The van der Waals surface area contributed by atoms with Crippen LogP contribution in [0.25, 0.3) is 0 Å². The number of aliphatic carboxylic acids is 1. The molecule has 2 rings (SSSR count). The molecule has 0 aromatic carbocycles. The molecule has 1 aromatic rings. The molecule has 1 aliphatic carbocycles. The van der Waals surface area contributed by atoms with Crippen LogP contribution < -0.4 is 4.90 Å². The smallest absolute Gasteiger partial charge is 0.326 e. The Labute approximate surface area is 88.6 Å². The Morgan fingerprint density at radius 3 is 2.60 bits per heavy atom. The molecule has 1 aromatic heterocycles. The first-order valence-corrected chi connectivity index (χ1v) is 5.11. The minimum Gasteiger partial charge on any atom is -0.480 e. The highest BCUT2D eigenvalue weighted by molar-refractivity contribution is 5.78. The van der Waals surface area contributed by atoms with Gasteiger partial charge in [-0.3, -0.25) is 4.98 Å². The van der Waals surface area contributed by atoms with Crippen LogP contribution in [-0.2, 0) is 4.79 Å². The van der Waals surface area contributed by atoms with Gasteiger partial charge in [0.2, 0.25) is 0 Å². The van der Waals surface area contributed by atoms with E-state index in [1.807, 2.05) is 17.0 Å². The van der Waals surface area contributed by atoms with E-state index in [2.05, 4.69) is 4.98 Å². The molecule has 1 aliphatic rings. The van der Waals surface area contributed by atoms with Gasteiger partial charge in [-0.15, -0.1) is 0 Å². The number of anilines is 1. The third-order valence-corrected chi connectivity index (χ3v) is 2.68. The van der Waals surface area contributed by atoms with Crippen molar-refractivity contribution in [2.24, 2.45) is 0 Å². The summed E-state index contributed by atoms with van der Waals surface area (Å²) < 4.78 is 0. The highest BCUT2D eigenvalue weighted by Gasteiger charge is 2.35. The molecule has 0 bridgehead atoms. The summed E-state index contributed by atoms with van der Waals surface area (Å²) in [7, 11) is 0. The number of carboxylic acid groups (broad SMARTS) is 1. The van der Waals surface area contributed by atoms with Gasteiger partial charge in [-0.2, -0.15) is 0 Å². The summed E-state index contributed by atoms with van der Waals surface area (Å²) in [5, 5.41) is 9.03. The quantitative estimate of drug-likeness (QED) is 0.811. The number of carboxylic acids is 1. The van der Waals surface area contributed by atoms with Crippen LogP contribution in [0.15, 0.2) is 24.5 Å². The SMILES string of the molecule is CC(C(=O)O)N(c1ccncc1)C1CC1. The van der Waals surface area contributed by atoms with Crippen LogP contribution in [-0.4, -0.2) is 28.1 Å². The summed E-state index contributed by atoms with van der Waals surface area (Å²) in [4.78, 5) is 16.9. The van der Waals surface area contributed by atoms with Crippen LogP contribution >= 0.6 is 0 Å². The second-order valence-electron chi connectivity index (χ2n) is 3.86. The number of carbonyl (C=O) groups is 1. The zero-order valence-electron chi connectivity index (χ0n) is 8.63. The monoisotopic (exact) mass is 206 g/mol. The Morgan fingerprint density at radius 2 is 2.13 bits per heavy atom. The van der Waals surface area contributed by atoms with E-state index < -0.39 is 12.0 Å². The fourth-order valence-electron chi connectivity index (χ4n) is 1.74. The normalized spacial score (nSPS) is 17.1. The van der Waals surface area contributed by atoms with Crippen LogP contribution in [0.4, 0.5) is 5.69 Å². The minimum absolute atomic E-state index is 0.387. The van der Waals surface area contributed by atoms with Crippen molar-refractivity contribution in [3.63, 3.8) is 0 Å². The zero-order chi connectivity index (χ0) is 10.8. The third kappa shape index (κ3) is 2.09. The van der Waals surface area contributed by atoms with Gasteiger partial charge >= 0.3 is 5.97 Å². The van der Waals surface area contributed by atoms with E-state index in [-0.39, 0.29) is 0 Å². The largest absolute Gasteiger partial charge is 0.480 e. The van der Waals surface area contributed by atoms with Gasteiger partial charge in [0.1, 0.15) is 6.04 Å². The van der Waals surface area contributed by atoms with Gasteiger partial charge in [-0.05, 0) is 31.9 Å². The summed E-state index contributed by atoms with van der Waals surface area (Å²) in [5.41, 5.74) is 0.947. The van der Waals surface area contributed by atoms with Crippen molar-refractivity contribution in [3.05, 3.63) is 24.5 Å². The van der Waals surface area contributed by atoms with Crippen molar-refractivity contribution in [3.8, 4) is 0 Å². The van der Waals surface area contributed by atoms with Gasteiger partial charge in [0.15, 0.2) is 0 Å². The lowest BCUT2D eigenvalue weighted by Crippen LogP contribution is -2.40. The maximum atomic E-state index is 11.0. The average molecular weight is 206 g/mol. The van der Waals surface area contributed by atoms with Gasteiger partial charge in [0, 0.05) is 24.1 Å². The molecule has 0 saturated heterocycles. The number of hydrogen-bond donors (Lipinski definition) is 1. The first kappa shape index (κ1) is 9.96. The lowest BCUT2D eigenvalue weighted by Gasteiger charge is -2.28. The predicted molar refractivity (Wildman–Crippen MR) is 56.8 cm³/mol. The second-order valence-corrected chi connectivity index (χ2v) is 3.86. The van der Waals surface area contributed by atoms with Gasteiger partial charge in [0.25, 0.3) is 0 Å². The molecule has 0 radical (unpaired) electrons. The summed E-state index contributed by atoms with van der Waals surface area (Å²) in [5.74, 6) is -0.779. The molecule has 1 fully saturated rings. The van der Waals surface area contributed by atoms with Crippen LogP contribution in [0, 0.1) is 0 Å². The molecule has 1 saturated carbocycles. The van der Waals surface area contributed by atoms with E-state index in [1.165, 1.54) is 0 Å². The number of nitrogens with zero attached hydrogens (tertiary/aromatic N) is 2. The molecule has 15 heavy (non-hydrogen) atoms. The predicted octanol–water partition coefficient (Wildman–Crippen LogP) is 1.52. The first-order valence-electron chi connectivity index (χ1n) is 5.11. The van der Waals surface area contributed by atoms with E-state index in [1.54, 1.807) is 19.3 Å². The van der Waals surface area contributed by atoms with Crippen LogP contribution in [0.3, 0.4) is 0 Å². The number of rotatable bonds is 4. The third-order valence-electron chi connectivity index (χ3n) is 2.68. The molecule has 1 heterocycles. The molecule has 1 atom stereocenters. The van der Waals surface area contributed by atoms with Crippen molar-refractivity contribution in [2.45, 2.75) is 31.8 Å². The average Bonchev–Trinajstić information content (AvgIpc) is 3.04. The molecular weight excluding hydrogens is 192 g/mol. The minimum atomic E-state index is -0.779. The van der Waals surface area contributed by atoms with E-state index in [4.69, 9.17) is 5.11 Å². The molecule has 1 unspecified atom stereocenters. The highest BCUT2D eigenvalue weighted by atomic mass is 16.4. The van der Waals surface area contributed by atoms with Gasteiger partial charge in [-0.25, -0.2) is 4.79 Å². The molecule has 1 N–H and O–H groups in total. The second kappa shape index (κ2) is 3.88. The van der Waals surface area contributed by atoms with E-state index >= 15 is 0 Å². The topological polar surface area (TPSA) is 53.4 Å². The Kier molecular flexibility index (Phi) is 2.58. The Hall–Kier alpha value is -1.58. The molecular formula is C11H14N2O2. The maximum absolute atomic E-state index is 11.0. The number of hydrogen-bond acceptors (Lipinski definition) is 3. The highest BCUT2D eigenvalue weighted by Crippen LogP contribution is 2.33. The number of aromatic nitrogens is 1. The molecule has 0 amide bonds. The van der Waals surface area contributed by atoms with Crippen LogP contribution in [0.5, 0.6) is 0 Å². The zero-order valence-corrected chi connectivity index (χ0v) is 8.63. The maximum Gasteiger partial charge on any atom is 0.326 e. The first-order chi connectivity index (χ1) is 7.20. The standard InChI is InChI=1S/C11H14N2O2/c1-8(11(14)15)13(9-2-3-9)10-4-6-12-7-5-10/h4-9H,2-3H2,1H3,(H,14,15). The van der Waals surface area contributed by atoms with Crippen molar-refractivity contribution >= 4 is 11.7 Å². The summed E-state index contributed by atoms with van der Waals surface area (Å²) in [6, 6.07) is 3.63. The molecule has 0 spiro atoms. The summed E-state index contributed by atoms with van der Waals surface area (Å²) >= 11 is 0. The van der Waals surface area contributed by atoms with E-state index in [9.17, 15) is 4.79 Å². The van der Waals surface area contributed by atoms with Crippen molar-refractivity contribution in [1.29, 1.82) is 0 Å². The van der Waals surface area contributed by atoms with Gasteiger partial charge in [-0.1, -0.05) is 0 Å². The fourth-order valence-corrected chi connectivity index (χ4v) is 1.74. The Balaban J connectivity index is 2.24. The Morgan fingerprint density at radius 1 is 1.53 bits per heavy atom. The molecule has 0 aliphatic heterocycles. The van der Waals surface area contributed by atoms with E-state index in [0.29, 0.717) is 6.04 Å². The van der Waals surface area contributed by atoms with Crippen LogP contribution in [0.2, 0.25) is 0 Å². The lowest BCUT2D eigenvalue weighted by molar-refractivity contribution is -0.138. The fraction of sp³-hybridized carbons (Fsp3) is 0.455. The Bertz CT molecular complexity index is 349. The summed E-state index contributed by atoms with van der Waals surface area (Å²) in [6.45, 7) is 1.72.